The lowest BCUT2D eigenvalue weighted by molar-refractivity contribution is -0.117. The van der Waals surface area contributed by atoms with E-state index in [-0.39, 0.29) is 11.3 Å². The van der Waals surface area contributed by atoms with Gasteiger partial charge in [0, 0.05) is 17.5 Å². The molecule has 130 valence electrons. The maximum Gasteiger partial charge on any atom is 0.240 e. The van der Waals surface area contributed by atoms with Gasteiger partial charge in [-0.05, 0) is 24.5 Å². The Morgan fingerprint density at radius 1 is 1.29 bits per heavy atom. The second kappa shape index (κ2) is 7.87. The molecule has 0 saturated heterocycles. The molecule has 2 aromatic rings. The first-order valence-electron chi connectivity index (χ1n) is 7.61. The van der Waals surface area contributed by atoms with Crippen molar-refractivity contribution in [3.05, 3.63) is 34.7 Å². The van der Waals surface area contributed by atoms with Crippen LogP contribution in [0.5, 0.6) is 0 Å². The van der Waals surface area contributed by atoms with Crippen LogP contribution in [-0.2, 0) is 21.2 Å². The number of aromatic nitrogens is 1. The molecule has 3 N–H and O–H groups in total. The molecule has 2 rings (SSSR count). The van der Waals surface area contributed by atoms with Crippen molar-refractivity contribution in [1.82, 2.24) is 9.71 Å². The van der Waals surface area contributed by atoms with Gasteiger partial charge < -0.3 is 5.73 Å². The smallest absolute Gasteiger partial charge is 0.240 e. The molecule has 1 heterocycles. The lowest BCUT2D eigenvalue weighted by atomic mass is 10.1. The number of carbonyl (C=O) groups excluding carboxylic acids is 1. The Bertz CT molecular complexity index is 796. The number of amides is 1. The van der Waals surface area contributed by atoms with Gasteiger partial charge in [-0.2, -0.15) is 0 Å². The van der Waals surface area contributed by atoms with Gasteiger partial charge in [-0.1, -0.05) is 26.0 Å². The minimum Gasteiger partial charge on any atom is -0.369 e. The van der Waals surface area contributed by atoms with Gasteiger partial charge in [-0.15, -0.1) is 11.3 Å². The van der Waals surface area contributed by atoms with Crippen molar-refractivity contribution < 1.29 is 13.2 Å². The van der Waals surface area contributed by atoms with E-state index in [1.54, 1.807) is 24.3 Å². The minimum atomic E-state index is -3.49. The van der Waals surface area contributed by atoms with Crippen LogP contribution in [0.2, 0.25) is 0 Å². The molecule has 1 amide bonds. The Hall–Kier alpha value is -1.77. The normalized spacial score (nSPS) is 11.8. The van der Waals surface area contributed by atoms with Crippen molar-refractivity contribution in [1.29, 1.82) is 0 Å². The van der Waals surface area contributed by atoms with E-state index in [2.05, 4.69) is 9.71 Å². The summed E-state index contributed by atoms with van der Waals surface area (Å²) >= 11 is 1.35. The van der Waals surface area contributed by atoms with Crippen LogP contribution in [0.15, 0.2) is 34.5 Å². The molecule has 6 nitrogen and oxygen atoms in total. The van der Waals surface area contributed by atoms with E-state index in [0.717, 1.165) is 12.0 Å². The molecule has 0 saturated carbocycles. The molecule has 0 atom stereocenters. The van der Waals surface area contributed by atoms with Crippen molar-refractivity contribution in [2.45, 2.75) is 31.6 Å². The predicted octanol–water partition coefficient (Wildman–Crippen LogP) is 2.16. The summed E-state index contributed by atoms with van der Waals surface area (Å²) in [5, 5.41) is 2.47. The van der Waals surface area contributed by atoms with Crippen LogP contribution in [-0.4, -0.2) is 25.9 Å². The zero-order valence-electron chi connectivity index (χ0n) is 13.7. The highest BCUT2D eigenvalue weighted by Crippen LogP contribution is 2.23. The van der Waals surface area contributed by atoms with Gasteiger partial charge in [0.2, 0.25) is 15.9 Å². The highest BCUT2D eigenvalue weighted by atomic mass is 32.2. The van der Waals surface area contributed by atoms with E-state index < -0.39 is 15.9 Å². The number of rotatable bonds is 8. The van der Waals surface area contributed by atoms with Crippen LogP contribution in [0, 0.1) is 5.92 Å². The fourth-order valence-electron chi connectivity index (χ4n) is 2.04. The van der Waals surface area contributed by atoms with Crippen molar-refractivity contribution in [3.63, 3.8) is 0 Å². The molecule has 24 heavy (non-hydrogen) atoms. The van der Waals surface area contributed by atoms with Gasteiger partial charge in [0.1, 0.15) is 5.01 Å². The number of carbonyl (C=O) groups is 1. The molecule has 0 fully saturated rings. The molecule has 0 radical (unpaired) electrons. The van der Waals surface area contributed by atoms with Crippen molar-refractivity contribution >= 4 is 27.3 Å². The van der Waals surface area contributed by atoms with E-state index >= 15 is 0 Å². The van der Waals surface area contributed by atoms with Crippen molar-refractivity contribution in [3.8, 4) is 11.3 Å². The van der Waals surface area contributed by atoms with E-state index in [1.165, 1.54) is 11.3 Å². The Kier molecular flexibility index (Phi) is 6.09. The zero-order valence-corrected chi connectivity index (χ0v) is 15.3. The number of primary amides is 1. The maximum absolute atomic E-state index is 12.2. The summed E-state index contributed by atoms with van der Waals surface area (Å²) in [7, 11) is -3.49. The summed E-state index contributed by atoms with van der Waals surface area (Å²) in [6, 6.07) is 6.53. The lowest BCUT2D eigenvalue weighted by Crippen LogP contribution is -2.25. The van der Waals surface area contributed by atoms with Gasteiger partial charge in [-0.25, -0.2) is 18.1 Å². The van der Waals surface area contributed by atoms with E-state index in [4.69, 9.17) is 5.73 Å². The summed E-state index contributed by atoms with van der Waals surface area (Å²) in [6.07, 6.45) is 0.898. The monoisotopic (exact) mass is 367 g/mol. The van der Waals surface area contributed by atoms with Crippen LogP contribution < -0.4 is 10.5 Å². The molecular formula is C16H21N3O3S2. The lowest BCUT2D eigenvalue weighted by Gasteiger charge is -2.08. The average Bonchev–Trinajstić information content (AvgIpc) is 2.94. The van der Waals surface area contributed by atoms with Crippen LogP contribution >= 0.6 is 11.3 Å². The van der Waals surface area contributed by atoms with E-state index in [0.29, 0.717) is 23.2 Å². The van der Waals surface area contributed by atoms with Gasteiger partial charge in [-0.3, -0.25) is 4.79 Å². The second-order valence-electron chi connectivity index (χ2n) is 5.87. The zero-order chi connectivity index (χ0) is 17.7. The van der Waals surface area contributed by atoms with Crippen LogP contribution in [0.4, 0.5) is 0 Å². The summed E-state index contributed by atoms with van der Waals surface area (Å²) in [4.78, 5) is 15.5. The summed E-state index contributed by atoms with van der Waals surface area (Å²) in [5.74, 6) is 0.0131. The second-order valence-corrected chi connectivity index (χ2v) is 8.58. The largest absolute Gasteiger partial charge is 0.369 e. The molecule has 1 aromatic carbocycles. The first-order valence-corrected chi connectivity index (χ1v) is 9.97. The number of nitrogens with one attached hydrogen (secondary N) is 1. The first-order chi connectivity index (χ1) is 11.3. The third kappa shape index (κ3) is 5.12. The summed E-state index contributed by atoms with van der Waals surface area (Å²) in [6.45, 7) is 4.51. The van der Waals surface area contributed by atoms with Crippen LogP contribution in [0.25, 0.3) is 11.3 Å². The molecule has 1 aromatic heterocycles. The van der Waals surface area contributed by atoms with Gasteiger partial charge in [0.25, 0.3) is 0 Å². The number of hydrogen-bond donors (Lipinski definition) is 2. The molecule has 8 heteroatoms. The van der Waals surface area contributed by atoms with Crippen molar-refractivity contribution in [2.75, 3.05) is 6.54 Å². The number of thiazole rings is 1. The highest BCUT2D eigenvalue weighted by Gasteiger charge is 2.14. The van der Waals surface area contributed by atoms with E-state index in [1.807, 2.05) is 19.2 Å². The third-order valence-electron chi connectivity index (χ3n) is 3.35. The average molecular weight is 367 g/mol. The molecule has 0 spiro atoms. The molecule has 0 unspecified atom stereocenters. The minimum absolute atomic E-state index is 0.108. The Morgan fingerprint density at radius 2 is 1.96 bits per heavy atom. The molecule has 0 aliphatic heterocycles. The summed E-state index contributed by atoms with van der Waals surface area (Å²) < 4.78 is 27.0. The Morgan fingerprint density at radius 3 is 2.54 bits per heavy atom. The molecule has 0 aliphatic rings. The maximum atomic E-state index is 12.2. The molecular weight excluding hydrogens is 346 g/mol. The fraction of sp³-hybridized carbons (Fsp3) is 0.375. The van der Waals surface area contributed by atoms with Crippen LogP contribution in [0.1, 0.15) is 25.3 Å². The quantitative estimate of drug-likeness (QED) is 0.746. The van der Waals surface area contributed by atoms with Gasteiger partial charge in [0.15, 0.2) is 0 Å². The number of sulfonamides is 1. The number of nitrogens with two attached hydrogens (primary N) is 1. The first kappa shape index (κ1) is 18.6. The van der Waals surface area contributed by atoms with Crippen LogP contribution in [0.3, 0.4) is 0 Å². The highest BCUT2D eigenvalue weighted by molar-refractivity contribution is 7.89. The van der Waals surface area contributed by atoms with Gasteiger partial charge >= 0.3 is 0 Å². The van der Waals surface area contributed by atoms with Crippen molar-refractivity contribution in [2.24, 2.45) is 11.7 Å². The van der Waals surface area contributed by atoms with Gasteiger partial charge in [0.05, 0.1) is 17.0 Å². The Balaban J connectivity index is 2.09. The SMILES string of the molecule is CC(C)CCNS(=O)(=O)c1ccc(-c2csc(CC(N)=O)n2)cc1. The van der Waals surface area contributed by atoms with E-state index in [9.17, 15) is 13.2 Å². The third-order valence-corrected chi connectivity index (χ3v) is 5.68. The standard InChI is InChI=1S/C16H21N3O3S2/c1-11(2)7-8-18-24(21,22)13-5-3-12(4-6-13)14-10-23-16(19-14)9-15(17)20/h3-6,10-11,18H,7-9H2,1-2H3,(H2,17,20). The Labute approximate surface area is 146 Å². The molecule has 0 bridgehead atoms. The number of nitrogens with zero attached hydrogens (tertiary/aromatic N) is 1. The fourth-order valence-corrected chi connectivity index (χ4v) is 3.90. The topological polar surface area (TPSA) is 102 Å². The number of benzene rings is 1. The number of hydrogen-bond acceptors (Lipinski definition) is 5. The predicted molar refractivity (Wildman–Crippen MR) is 95.1 cm³/mol. The molecule has 0 aliphatic carbocycles. The summed E-state index contributed by atoms with van der Waals surface area (Å²) in [5.41, 5.74) is 6.65.